The van der Waals surface area contributed by atoms with Crippen LogP contribution in [0.2, 0.25) is 0 Å². The fourth-order valence-electron chi connectivity index (χ4n) is 2.15. The fraction of sp³-hybridized carbons (Fsp3) is 0.462. The quantitative estimate of drug-likeness (QED) is 0.840. The molecule has 96 valence electrons. The molecule has 1 aromatic carbocycles. The molecule has 1 unspecified atom stereocenters. The molecule has 0 radical (unpaired) electrons. The van der Waals surface area contributed by atoms with Gasteiger partial charge in [-0.3, -0.25) is 4.90 Å². The predicted octanol–water partition coefficient (Wildman–Crippen LogP) is 2.40. The smallest absolute Gasteiger partial charge is 0.130 e. The van der Waals surface area contributed by atoms with Crippen molar-refractivity contribution in [2.24, 2.45) is 0 Å². The molecule has 1 aromatic rings. The van der Waals surface area contributed by atoms with E-state index in [-0.39, 0.29) is 5.82 Å². The van der Waals surface area contributed by atoms with Crippen LogP contribution in [-0.4, -0.2) is 43.0 Å². The molecule has 0 aliphatic carbocycles. The molecule has 1 saturated heterocycles. The Kier molecular flexibility index (Phi) is 4.33. The second-order valence-electron chi connectivity index (χ2n) is 4.54. The van der Waals surface area contributed by atoms with E-state index in [4.69, 9.17) is 0 Å². The van der Waals surface area contributed by atoms with Crippen LogP contribution in [0, 0.1) is 17.1 Å². The Morgan fingerprint density at radius 3 is 2.56 bits per heavy atom. The minimum absolute atomic E-state index is 0.324. The molecule has 1 heterocycles. The fourth-order valence-corrected chi connectivity index (χ4v) is 2.48. The Hall–Kier alpha value is -0.960. The molecule has 2 rings (SSSR count). The number of rotatable bonds is 2. The summed E-state index contributed by atoms with van der Waals surface area (Å²) in [7, 11) is 2.05. The van der Waals surface area contributed by atoms with Crippen LogP contribution >= 0.6 is 15.9 Å². The lowest BCUT2D eigenvalue weighted by molar-refractivity contribution is 0.131. The summed E-state index contributed by atoms with van der Waals surface area (Å²) in [5, 5.41) is 9.31. The molecule has 1 aliphatic rings. The number of benzene rings is 1. The second-order valence-corrected chi connectivity index (χ2v) is 5.45. The zero-order valence-electron chi connectivity index (χ0n) is 10.2. The van der Waals surface area contributed by atoms with Gasteiger partial charge in [0.2, 0.25) is 0 Å². The average Bonchev–Trinajstić information content (AvgIpc) is 2.35. The first-order valence-electron chi connectivity index (χ1n) is 5.89. The number of likely N-dealkylation sites (N-methyl/N-ethyl adjacent to an activating group) is 1. The van der Waals surface area contributed by atoms with Crippen LogP contribution in [0.1, 0.15) is 11.6 Å². The van der Waals surface area contributed by atoms with Gasteiger partial charge in [0.15, 0.2) is 0 Å². The van der Waals surface area contributed by atoms with Crippen molar-refractivity contribution in [2.75, 3.05) is 33.2 Å². The average molecular weight is 312 g/mol. The standard InChI is InChI=1S/C13H15BrFN3/c1-17-4-6-18(7-5-17)13(9-16)11-3-2-10(14)8-12(11)15/h2-3,8,13H,4-7H2,1H3. The summed E-state index contributed by atoms with van der Waals surface area (Å²) in [4.78, 5) is 4.25. The minimum Gasteiger partial charge on any atom is -0.304 e. The Bertz CT molecular complexity index is 464. The van der Waals surface area contributed by atoms with Crippen molar-refractivity contribution in [1.29, 1.82) is 5.26 Å². The zero-order chi connectivity index (χ0) is 13.1. The number of nitriles is 1. The van der Waals surface area contributed by atoms with Crippen LogP contribution in [0.25, 0.3) is 0 Å². The summed E-state index contributed by atoms with van der Waals surface area (Å²) >= 11 is 3.23. The predicted molar refractivity (Wildman–Crippen MR) is 71.5 cm³/mol. The molecule has 0 aromatic heterocycles. The molecule has 0 saturated carbocycles. The first kappa shape index (κ1) is 13.5. The van der Waals surface area contributed by atoms with Crippen molar-refractivity contribution in [3.05, 3.63) is 34.1 Å². The van der Waals surface area contributed by atoms with E-state index in [0.29, 0.717) is 10.0 Å². The second kappa shape index (κ2) is 5.79. The Morgan fingerprint density at radius 2 is 2.00 bits per heavy atom. The third-order valence-corrected chi connectivity index (χ3v) is 3.78. The third kappa shape index (κ3) is 2.89. The van der Waals surface area contributed by atoms with Crippen LogP contribution in [0.3, 0.4) is 0 Å². The maximum absolute atomic E-state index is 13.9. The van der Waals surface area contributed by atoms with Gasteiger partial charge in [0.1, 0.15) is 11.9 Å². The number of hydrogen-bond acceptors (Lipinski definition) is 3. The highest BCUT2D eigenvalue weighted by molar-refractivity contribution is 9.10. The molecule has 1 fully saturated rings. The Labute approximate surface area is 115 Å². The van der Waals surface area contributed by atoms with Gasteiger partial charge in [-0.2, -0.15) is 5.26 Å². The molecule has 0 N–H and O–H groups in total. The van der Waals surface area contributed by atoms with E-state index in [2.05, 4.69) is 33.9 Å². The summed E-state index contributed by atoms with van der Waals surface area (Å²) in [6.45, 7) is 3.42. The van der Waals surface area contributed by atoms with Gasteiger partial charge in [0.05, 0.1) is 6.07 Å². The Balaban J connectivity index is 2.21. The molecular formula is C13H15BrFN3. The number of piperazine rings is 1. The van der Waals surface area contributed by atoms with E-state index in [9.17, 15) is 9.65 Å². The first-order chi connectivity index (χ1) is 8.61. The van der Waals surface area contributed by atoms with Crippen molar-refractivity contribution in [1.82, 2.24) is 9.80 Å². The summed E-state index contributed by atoms with van der Waals surface area (Å²) < 4.78 is 14.6. The molecule has 3 nitrogen and oxygen atoms in total. The highest BCUT2D eigenvalue weighted by atomic mass is 79.9. The summed E-state index contributed by atoms with van der Waals surface area (Å²) in [6.07, 6.45) is 0. The lowest BCUT2D eigenvalue weighted by Gasteiger charge is -2.35. The van der Waals surface area contributed by atoms with Crippen molar-refractivity contribution >= 4 is 15.9 Å². The highest BCUT2D eigenvalue weighted by Gasteiger charge is 2.25. The largest absolute Gasteiger partial charge is 0.304 e. The summed E-state index contributed by atoms with van der Waals surface area (Å²) in [5.74, 6) is -0.324. The highest BCUT2D eigenvalue weighted by Crippen LogP contribution is 2.26. The van der Waals surface area contributed by atoms with Crippen molar-refractivity contribution in [3.63, 3.8) is 0 Å². The van der Waals surface area contributed by atoms with Gasteiger partial charge in [-0.1, -0.05) is 22.0 Å². The lowest BCUT2D eigenvalue weighted by atomic mass is 10.1. The monoisotopic (exact) mass is 311 g/mol. The van der Waals surface area contributed by atoms with Gasteiger partial charge in [-0.15, -0.1) is 0 Å². The van der Waals surface area contributed by atoms with Gasteiger partial charge >= 0.3 is 0 Å². The van der Waals surface area contributed by atoms with Crippen LogP contribution in [-0.2, 0) is 0 Å². The van der Waals surface area contributed by atoms with Crippen LogP contribution in [0.4, 0.5) is 4.39 Å². The van der Waals surface area contributed by atoms with E-state index in [0.717, 1.165) is 26.2 Å². The van der Waals surface area contributed by atoms with E-state index < -0.39 is 6.04 Å². The third-order valence-electron chi connectivity index (χ3n) is 3.28. The zero-order valence-corrected chi connectivity index (χ0v) is 11.8. The van der Waals surface area contributed by atoms with Crippen LogP contribution in [0.15, 0.2) is 22.7 Å². The topological polar surface area (TPSA) is 30.3 Å². The molecule has 0 spiro atoms. The number of hydrogen-bond donors (Lipinski definition) is 0. The first-order valence-corrected chi connectivity index (χ1v) is 6.68. The number of nitrogens with zero attached hydrogens (tertiary/aromatic N) is 3. The normalized spacial score (nSPS) is 19.4. The van der Waals surface area contributed by atoms with Crippen molar-refractivity contribution in [2.45, 2.75) is 6.04 Å². The molecule has 1 atom stereocenters. The van der Waals surface area contributed by atoms with Crippen molar-refractivity contribution < 1.29 is 4.39 Å². The van der Waals surface area contributed by atoms with Crippen molar-refractivity contribution in [3.8, 4) is 6.07 Å². The van der Waals surface area contributed by atoms with Gasteiger partial charge in [0.25, 0.3) is 0 Å². The minimum atomic E-state index is -0.494. The van der Waals surface area contributed by atoms with E-state index >= 15 is 0 Å². The Morgan fingerprint density at radius 1 is 1.33 bits per heavy atom. The molecule has 1 aliphatic heterocycles. The molecule has 0 amide bonds. The molecule has 18 heavy (non-hydrogen) atoms. The van der Waals surface area contributed by atoms with E-state index in [1.807, 2.05) is 4.90 Å². The van der Waals surface area contributed by atoms with Gasteiger partial charge < -0.3 is 4.90 Å². The van der Waals surface area contributed by atoms with Crippen LogP contribution < -0.4 is 0 Å². The maximum atomic E-state index is 13.9. The van der Waals surface area contributed by atoms with Gasteiger partial charge in [0, 0.05) is 36.2 Å². The maximum Gasteiger partial charge on any atom is 0.130 e. The summed E-state index contributed by atoms with van der Waals surface area (Å²) in [5.41, 5.74) is 0.463. The van der Waals surface area contributed by atoms with E-state index in [1.54, 1.807) is 12.1 Å². The molecular weight excluding hydrogens is 297 g/mol. The SMILES string of the molecule is CN1CCN(C(C#N)c2ccc(Br)cc2F)CC1. The van der Waals surface area contributed by atoms with Crippen LogP contribution in [0.5, 0.6) is 0 Å². The van der Waals surface area contributed by atoms with E-state index in [1.165, 1.54) is 6.07 Å². The molecule has 5 heteroatoms. The summed E-state index contributed by atoms with van der Waals surface area (Å²) in [6, 6.07) is 6.60. The van der Waals surface area contributed by atoms with Gasteiger partial charge in [-0.25, -0.2) is 4.39 Å². The lowest BCUT2D eigenvalue weighted by Crippen LogP contribution is -2.45. The van der Waals surface area contributed by atoms with Gasteiger partial charge in [-0.05, 0) is 19.2 Å². The molecule has 0 bridgehead atoms. The number of halogens is 2.